The fraction of sp³-hybridized carbons (Fsp3) is 0.316. The van der Waals surface area contributed by atoms with Crippen molar-refractivity contribution in [3.63, 3.8) is 0 Å². The molecule has 0 aromatic heterocycles. The summed E-state index contributed by atoms with van der Waals surface area (Å²) in [5, 5.41) is 0. The van der Waals surface area contributed by atoms with E-state index < -0.39 is 16.2 Å². The van der Waals surface area contributed by atoms with Gasteiger partial charge in [-0.05, 0) is 476 Å². The molecule has 0 unspecified atom stereocenters. The van der Waals surface area contributed by atoms with Gasteiger partial charge in [0.1, 0.15) is 0 Å². The Balaban J connectivity index is 1.22. The van der Waals surface area contributed by atoms with E-state index in [-0.39, 0.29) is 0 Å². The molecular formula is C114H126. The van der Waals surface area contributed by atoms with Gasteiger partial charge in [-0.3, -0.25) is 0 Å². The van der Waals surface area contributed by atoms with Gasteiger partial charge in [-0.2, -0.15) is 0 Å². The number of hydrogen-bond acceptors (Lipinski definition) is 0. The second-order valence-electron chi connectivity index (χ2n) is 36.2. The van der Waals surface area contributed by atoms with Crippen molar-refractivity contribution in [3.8, 4) is 0 Å². The van der Waals surface area contributed by atoms with Gasteiger partial charge in [-0.1, -0.05) is 200 Å². The van der Waals surface area contributed by atoms with Crippen molar-refractivity contribution in [1.82, 2.24) is 0 Å². The molecule has 0 atom stereocenters. The van der Waals surface area contributed by atoms with Crippen molar-refractivity contribution in [2.24, 2.45) is 0 Å². The molecule has 114 heavy (non-hydrogen) atoms. The van der Waals surface area contributed by atoms with E-state index in [1.54, 1.807) is 0 Å². The molecule has 0 bridgehead atoms. The lowest BCUT2D eigenvalue weighted by atomic mass is 9.62. The SMILES string of the molecule is Cc1ccc(Cc2cc(C(C)(c3cc(C(C)(c4cc(C)c(C)c(Cc5ccc(C)c(C)c5)c4)c4cc(C)c(C)c(Cc5ccc(C)c(C)c5)c4)cc(C(C)(c4cc(C)c(C)c(Cc5ccc(C)c(C)c5)c4)c4cc(C)c(C)c(Cc5ccc(C)c(C)c5)c4)c3)c3cc(C)c(C)c(Cc4ccc(C)c(C)c4)c3)cc(C)c2C)cc1C. The molecule has 0 spiro atoms. The van der Waals surface area contributed by atoms with Crippen molar-refractivity contribution < 1.29 is 0 Å². The van der Waals surface area contributed by atoms with Gasteiger partial charge in [0.15, 0.2) is 0 Å². The summed E-state index contributed by atoms with van der Waals surface area (Å²) in [6, 6.07) is 82.2. The molecule has 0 N–H and O–H groups in total. The van der Waals surface area contributed by atoms with Crippen LogP contribution < -0.4 is 0 Å². The highest BCUT2D eigenvalue weighted by molar-refractivity contribution is 5.66. The summed E-state index contributed by atoms with van der Waals surface area (Å²) in [4.78, 5) is 0. The van der Waals surface area contributed by atoms with Crippen molar-refractivity contribution in [2.75, 3.05) is 0 Å². The van der Waals surface area contributed by atoms with Gasteiger partial charge in [0.2, 0.25) is 0 Å². The van der Waals surface area contributed by atoms with Crippen LogP contribution in [0.25, 0.3) is 0 Å². The lowest BCUT2D eigenvalue weighted by Gasteiger charge is -2.41. The number of aryl methyl sites for hydroxylation is 18. The fourth-order valence-corrected chi connectivity index (χ4v) is 18.2. The van der Waals surface area contributed by atoms with Gasteiger partial charge < -0.3 is 0 Å². The van der Waals surface area contributed by atoms with Crippen LogP contribution >= 0.6 is 0 Å². The highest BCUT2D eigenvalue weighted by Gasteiger charge is 2.42. The quantitative estimate of drug-likeness (QED) is 0.0629. The summed E-state index contributed by atoms with van der Waals surface area (Å²) in [5.41, 5.74) is 57.3. The van der Waals surface area contributed by atoms with Crippen LogP contribution in [-0.4, -0.2) is 0 Å². The van der Waals surface area contributed by atoms with Crippen molar-refractivity contribution in [1.29, 1.82) is 0 Å². The van der Waals surface area contributed by atoms with Gasteiger partial charge in [0.25, 0.3) is 0 Å². The maximum absolute atomic E-state index is 2.73. The number of hydrogen-bond donors (Lipinski definition) is 0. The van der Waals surface area contributed by atoms with Crippen LogP contribution in [0.1, 0.15) is 271 Å². The maximum Gasteiger partial charge on any atom is 0.0423 e. The minimum Gasteiger partial charge on any atom is -0.0588 e. The normalized spacial score (nSPS) is 12.0. The van der Waals surface area contributed by atoms with Gasteiger partial charge in [0.05, 0.1) is 0 Å². The minimum atomic E-state index is -0.760. The molecule has 0 nitrogen and oxygen atoms in total. The Bertz CT molecular complexity index is 5030. The molecule has 0 radical (unpaired) electrons. The lowest BCUT2D eigenvalue weighted by Crippen LogP contribution is -2.33. The molecule has 0 saturated carbocycles. The molecule has 13 aromatic carbocycles. The molecule has 0 aliphatic carbocycles. The van der Waals surface area contributed by atoms with E-state index in [4.69, 9.17) is 0 Å². The zero-order valence-electron chi connectivity index (χ0n) is 74.3. The van der Waals surface area contributed by atoms with Crippen molar-refractivity contribution >= 4 is 0 Å². The standard InChI is InChI=1S/C114H126/c1-67-28-34-91(40-73(67)7)52-97-58-103(46-79(13)85(97)19)112(25,104-47-80(14)86(20)98(59-104)53-92-35-29-68(2)74(8)41-92)109-64-110(113(26,105-48-81(15)87(21)99(60-105)54-93-36-30-69(3)75(9)42-93)106-49-82(16)88(22)100(61-106)55-94-37-31-70(4)76(10)43-94)66-111(65-109)114(27,107-50-83(17)89(23)101(62-107)56-95-38-32-71(5)77(11)44-95)108-51-84(18)90(24)102(63-108)57-96-39-33-72(6)78(12)45-96/h28-51,58-66H,52-57H2,1-27H3. The zero-order valence-corrected chi connectivity index (χ0v) is 74.3. The molecule has 582 valence electrons. The summed E-state index contributed by atoms with van der Waals surface area (Å²) in [6.07, 6.45) is 4.96. The third kappa shape index (κ3) is 16.1. The van der Waals surface area contributed by atoms with E-state index in [0.29, 0.717) is 0 Å². The van der Waals surface area contributed by atoms with Crippen LogP contribution in [-0.2, 0) is 54.8 Å². The highest BCUT2D eigenvalue weighted by Crippen LogP contribution is 2.52. The smallest absolute Gasteiger partial charge is 0.0423 e. The van der Waals surface area contributed by atoms with Crippen LogP contribution in [0.2, 0.25) is 0 Å². The lowest BCUT2D eigenvalue weighted by molar-refractivity contribution is 0.640. The Hall–Kier alpha value is -10.1. The van der Waals surface area contributed by atoms with E-state index in [9.17, 15) is 0 Å². The maximum atomic E-state index is 2.73. The van der Waals surface area contributed by atoms with E-state index >= 15 is 0 Å². The summed E-state index contributed by atoms with van der Waals surface area (Å²) < 4.78 is 0. The molecule has 0 heterocycles. The predicted octanol–water partition coefficient (Wildman–Crippen LogP) is 28.7. The Labute approximate surface area is 687 Å². The fourth-order valence-electron chi connectivity index (χ4n) is 18.2. The number of benzene rings is 13. The Kier molecular flexibility index (Phi) is 23.2. The number of rotatable bonds is 21. The van der Waals surface area contributed by atoms with Gasteiger partial charge in [-0.25, -0.2) is 0 Å². The molecule has 0 heteroatoms. The van der Waals surface area contributed by atoms with Crippen LogP contribution in [0.15, 0.2) is 200 Å². The summed E-state index contributed by atoms with van der Waals surface area (Å²) in [6.45, 7) is 63.3. The summed E-state index contributed by atoms with van der Waals surface area (Å²) in [5.74, 6) is 0. The molecule has 0 saturated heterocycles. The Morgan fingerprint density at radius 3 is 0.404 bits per heavy atom. The zero-order chi connectivity index (χ0) is 82.1. The minimum absolute atomic E-state index is 0.760. The molecule has 13 rings (SSSR count). The van der Waals surface area contributed by atoms with E-state index in [1.165, 1.54) is 250 Å². The predicted molar refractivity (Wildman–Crippen MR) is 491 cm³/mol. The molecule has 0 aliphatic heterocycles. The largest absolute Gasteiger partial charge is 0.0588 e. The molecule has 0 aliphatic rings. The van der Waals surface area contributed by atoms with Crippen molar-refractivity contribution in [2.45, 2.75) is 242 Å². The molecule has 13 aromatic rings. The van der Waals surface area contributed by atoms with Gasteiger partial charge >= 0.3 is 0 Å². The summed E-state index contributed by atoms with van der Waals surface area (Å²) >= 11 is 0. The van der Waals surface area contributed by atoms with Crippen LogP contribution in [0.5, 0.6) is 0 Å². The Morgan fingerprint density at radius 2 is 0.272 bits per heavy atom. The molecular weight excluding hydrogens is 1370 g/mol. The summed E-state index contributed by atoms with van der Waals surface area (Å²) in [7, 11) is 0. The average Bonchev–Trinajstić information content (AvgIpc) is 0.715. The van der Waals surface area contributed by atoms with E-state index in [0.717, 1.165) is 38.5 Å². The van der Waals surface area contributed by atoms with Gasteiger partial charge in [0, 0.05) is 16.2 Å². The van der Waals surface area contributed by atoms with Crippen LogP contribution in [0, 0.1) is 166 Å². The first-order valence-corrected chi connectivity index (χ1v) is 42.1. The topological polar surface area (TPSA) is 0 Å². The van der Waals surface area contributed by atoms with Crippen molar-refractivity contribution in [3.05, 3.63) is 451 Å². The first kappa shape index (κ1) is 81.9. The first-order valence-electron chi connectivity index (χ1n) is 42.1. The van der Waals surface area contributed by atoms with Crippen LogP contribution in [0.4, 0.5) is 0 Å². The van der Waals surface area contributed by atoms with Crippen LogP contribution in [0.3, 0.4) is 0 Å². The third-order valence-corrected chi connectivity index (χ3v) is 28.6. The van der Waals surface area contributed by atoms with E-state index in [2.05, 4.69) is 387 Å². The first-order chi connectivity index (χ1) is 53.9. The second-order valence-corrected chi connectivity index (χ2v) is 36.2. The monoisotopic (exact) mass is 1490 g/mol. The second kappa shape index (κ2) is 32.3. The third-order valence-electron chi connectivity index (χ3n) is 28.6. The van der Waals surface area contributed by atoms with E-state index in [1.807, 2.05) is 0 Å². The Morgan fingerprint density at radius 1 is 0.140 bits per heavy atom. The van der Waals surface area contributed by atoms with Gasteiger partial charge in [-0.15, -0.1) is 0 Å². The average molecular weight is 1500 g/mol. The molecule has 0 amide bonds. The molecule has 0 fully saturated rings. The highest BCUT2D eigenvalue weighted by atomic mass is 14.5.